The number of hydrogen-bond acceptors (Lipinski definition) is 3. The molecule has 108 valence electrons. The minimum absolute atomic E-state index is 0.227. The second-order valence-corrected chi connectivity index (χ2v) is 4.31. The average Bonchev–Trinajstić information content (AvgIpc) is 2.41. The molecule has 2 radical (unpaired) electrons. The Balaban J connectivity index is 2.21. The fourth-order valence-corrected chi connectivity index (χ4v) is 1.55. The molecule has 0 spiro atoms. The summed E-state index contributed by atoms with van der Waals surface area (Å²) < 4.78 is 37.5. The second-order valence-electron chi connectivity index (χ2n) is 4.31. The number of carbonyl (C=O) groups is 1. The Morgan fingerprint density at radius 1 is 1.24 bits per heavy atom. The van der Waals surface area contributed by atoms with E-state index in [2.05, 4.69) is 15.3 Å². The first-order valence-corrected chi connectivity index (χ1v) is 5.84. The van der Waals surface area contributed by atoms with Crippen LogP contribution in [-0.2, 0) is 6.18 Å². The van der Waals surface area contributed by atoms with Gasteiger partial charge in [-0.1, -0.05) is 6.07 Å². The van der Waals surface area contributed by atoms with Gasteiger partial charge in [-0.3, -0.25) is 4.79 Å². The molecule has 0 aliphatic heterocycles. The number of amides is 1. The SMILES string of the molecule is [CH]c1cc(C(=O)Nc2cc(C(F)(F)F)ncn2)ccc1C. The molecule has 0 fully saturated rings. The van der Waals surface area contributed by atoms with Crippen molar-refractivity contribution < 1.29 is 18.0 Å². The van der Waals surface area contributed by atoms with Crippen LogP contribution >= 0.6 is 0 Å². The normalized spacial score (nSPS) is 11.3. The highest BCUT2D eigenvalue weighted by Crippen LogP contribution is 2.28. The Hall–Kier alpha value is -2.44. The monoisotopic (exact) mass is 293 g/mol. The summed E-state index contributed by atoms with van der Waals surface area (Å²) in [6.45, 7) is 7.45. The lowest BCUT2D eigenvalue weighted by molar-refractivity contribution is -0.141. The van der Waals surface area contributed by atoms with Crippen LogP contribution in [0.1, 0.15) is 27.2 Å². The zero-order chi connectivity index (χ0) is 15.6. The number of halogens is 3. The lowest BCUT2D eigenvalue weighted by Gasteiger charge is -2.09. The van der Waals surface area contributed by atoms with Gasteiger partial charge in [0.2, 0.25) is 0 Å². The van der Waals surface area contributed by atoms with E-state index in [9.17, 15) is 18.0 Å². The molecule has 4 nitrogen and oxygen atoms in total. The van der Waals surface area contributed by atoms with Crippen molar-refractivity contribution in [3.63, 3.8) is 0 Å². The molecule has 1 aromatic carbocycles. The molecule has 0 aliphatic rings. The fourth-order valence-electron chi connectivity index (χ4n) is 1.55. The van der Waals surface area contributed by atoms with E-state index in [0.717, 1.165) is 11.9 Å². The smallest absolute Gasteiger partial charge is 0.306 e. The molecule has 1 aromatic heterocycles. The number of alkyl halides is 3. The highest BCUT2D eigenvalue weighted by atomic mass is 19.4. The van der Waals surface area contributed by atoms with Crippen LogP contribution in [0.4, 0.5) is 19.0 Å². The number of nitrogens with zero attached hydrogens (tertiary/aromatic N) is 2. The van der Waals surface area contributed by atoms with Crippen LogP contribution in [0.2, 0.25) is 0 Å². The minimum atomic E-state index is -4.60. The quantitative estimate of drug-likeness (QED) is 0.925. The van der Waals surface area contributed by atoms with Crippen LogP contribution in [0.5, 0.6) is 0 Å². The maximum Gasteiger partial charge on any atom is 0.433 e. The van der Waals surface area contributed by atoms with Crippen molar-refractivity contribution in [3.05, 3.63) is 59.9 Å². The molecule has 0 saturated heterocycles. The third-order valence-corrected chi connectivity index (χ3v) is 2.74. The minimum Gasteiger partial charge on any atom is -0.306 e. The van der Waals surface area contributed by atoms with E-state index in [1.165, 1.54) is 12.1 Å². The number of nitrogens with one attached hydrogen (secondary N) is 1. The Bertz CT molecular complexity index is 683. The molecule has 1 amide bonds. The molecule has 0 bridgehead atoms. The summed E-state index contributed by atoms with van der Waals surface area (Å²) in [4.78, 5) is 18.6. The highest BCUT2D eigenvalue weighted by molar-refractivity contribution is 6.03. The van der Waals surface area contributed by atoms with Gasteiger partial charge in [-0.05, 0) is 37.1 Å². The van der Waals surface area contributed by atoms with Crippen LogP contribution in [0.25, 0.3) is 0 Å². The van der Waals surface area contributed by atoms with E-state index < -0.39 is 17.8 Å². The van der Waals surface area contributed by atoms with Crippen molar-refractivity contribution in [3.8, 4) is 0 Å². The number of benzene rings is 1. The second kappa shape index (κ2) is 5.51. The van der Waals surface area contributed by atoms with Crippen molar-refractivity contribution in [2.45, 2.75) is 13.1 Å². The van der Waals surface area contributed by atoms with Gasteiger partial charge in [0.25, 0.3) is 5.91 Å². The van der Waals surface area contributed by atoms with Gasteiger partial charge in [-0.2, -0.15) is 13.2 Å². The van der Waals surface area contributed by atoms with Crippen LogP contribution in [0, 0.1) is 13.8 Å². The molecule has 1 N–H and O–H groups in total. The van der Waals surface area contributed by atoms with Crippen molar-refractivity contribution in [2.75, 3.05) is 5.32 Å². The van der Waals surface area contributed by atoms with E-state index in [0.29, 0.717) is 11.6 Å². The van der Waals surface area contributed by atoms with Gasteiger partial charge < -0.3 is 5.32 Å². The predicted octanol–water partition coefficient (Wildman–Crippen LogP) is 3.12. The summed E-state index contributed by atoms with van der Waals surface area (Å²) in [7, 11) is 0. The maximum absolute atomic E-state index is 12.5. The van der Waals surface area contributed by atoms with Gasteiger partial charge >= 0.3 is 6.18 Å². The largest absolute Gasteiger partial charge is 0.433 e. The van der Waals surface area contributed by atoms with E-state index in [1.54, 1.807) is 13.0 Å². The molecule has 1 heterocycles. The summed E-state index contributed by atoms with van der Waals surface area (Å²) in [5.41, 5.74) is 0.316. The van der Waals surface area contributed by atoms with E-state index in [4.69, 9.17) is 6.92 Å². The highest BCUT2D eigenvalue weighted by Gasteiger charge is 2.32. The van der Waals surface area contributed by atoms with Crippen molar-refractivity contribution in [2.24, 2.45) is 0 Å². The summed E-state index contributed by atoms with van der Waals surface area (Å²) in [5.74, 6) is -0.838. The summed E-state index contributed by atoms with van der Waals surface area (Å²) in [6.07, 6.45) is -3.86. The van der Waals surface area contributed by atoms with Crippen molar-refractivity contribution in [1.82, 2.24) is 9.97 Å². The van der Waals surface area contributed by atoms with Gasteiger partial charge in [-0.25, -0.2) is 9.97 Å². The Labute approximate surface area is 119 Å². The first kappa shape index (κ1) is 15.0. The Kier molecular flexibility index (Phi) is 3.93. The average molecular weight is 293 g/mol. The third-order valence-electron chi connectivity index (χ3n) is 2.74. The van der Waals surface area contributed by atoms with E-state index in [1.807, 2.05) is 0 Å². The van der Waals surface area contributed by atoms with E-state index in [-0.39, 0.29) is 11.4 Å². The lowest BCUT2D eigenvalue weighted by atomic mass is 10.1. The van der Waals surface area contributed by atoms with E-state index >= 15 is 0 Å². The molecule has 0 saturated carbocycles. The zero-order valence-corrected chi connectivity index (χ0v) is 10.9. The van der Waals surface area contributed by atoms with Crippen LogP contribution in [-0.4, -0.2) is 15.9 Å². The van der Waals surface area contributed by atoms with Crippen molar-refractivity contribution >= 4 is 11.7 Å². The van der Waals surface area contributed by atoms with Gasteiger partial charge in [0, 0.05) is 11.6 Å². The number of rotatable bonds is 2. The number of anilines is 1. The van der Waals surface area contributed by atoms with Gasteiger partial charge in [0.15, 0.2) is 0 Å². The molecule has 7 heteroatoms. The first-order valence-electron chi connectivity index (χ1n) is 5.84. The van der Waals surface area contributed by atoms with Crippen LogP contribution < -0.4 is 5.32 Å². The molecule has 0 aliphatic carbocycles. The zero-order valence-electron chi connectivity index (χ0n) is 10.9. The standard InChI is InChI=1S/C14H10F3N3O/c1-8-3-4-10(5-9(8)2)13(21)20-12-6-11(14(15,16)17)18-7-19-12/h2-7H,1H3,(H,18,19,20,21). The lowest BCUT2D eigenvalue weighted by Crippen LogP contribution is -2.15. The predicted molar refractivity (Wildman–Crippen MR) is 69.6 cm³/mol. The molecular weight excluding hydrogens is 283 g/mol. The number of carbonyl (C=O) groups excluding carboxylic acids is 1. The summed E-state index contributed by atoms with van der Waals surface area (Å²) >= 11 is 0. The first-order chi connectivity index (χ1) is 9.77. The molecule has 0 atom stereocenters. The summed E-state index contributed by atoms with van der Waals surface area (Å²) in [6, 6.07) is 5.27. The number of aryl methyl sites for hydroxylation is 1. The molecule has 2 aromatic rings. The Morgan fingerprint density at radius 3 is 2.57 bits per heavy atom. The number of aromatic nitrogens is 2. The third kappa shape index (κ3) is 3.56. The van der Waals surface area contributed by atoms with Gasteiger partial charge in [0.05, 0.1) is 0 Å². The van der Waals surface area contributed by atoms with Gasteiger partial charge in [0.1, 0.15) is 17.8 Å². The van der Waals surface area contributed by atoms with Gasteiger partial charge in [-0.15, -0.1) is 0 Å². The molecule has 21 heavy (non-hydrogen) atoms. The molecule has 0 unspecified atom stereocenters. The maximum atomic E-state index is 12.5. The molecule has 2 rings (SSSR count). The Morgan fingerprint density at radius 2 is 1.95 bits per heavy atom. The van der Waals surface area contributed by atoms with Crippen LogP contribution in [0.15, 0.2) is 30.6 Å². The molecular formula is C14H10F3N3O. The number of hydrogen-bond donors (Lipinski definition) is 1. The summed E-state index contributed by atoms with van der Waals surface area (Å²) in [5, 5.41) is 2.27. The fraction of sp³-hybridized carbons (Fsp3) is 0.143. The van der Waals surface area contributed by atoms with Crippen molar-refractivity contribution in [1.29, 1.82) is 0 Å². The topological polar surface area (TPSA) is 54.9 Å². The van der Waals surface area contributed by atoms with Crippen LogP contribution in [0.3, 0.4) is 0 Å².